The highest BCUT2D eigenvalue weighted by atomic mass is 35.5. The quantitative estimate of drug-likeness (QED) is 0.530. The van der Waals surface area contributed by atoms with E-state index in [0.717, 1.165) is 11.5 Å². The van der Waals surface area contributed by atoms with Gasteiger partial charge in [-0.3, -0.25) is 4.79 Å². The smallest absolute Gasteiger partial charge is 0.190 e. The Labute approximate surface area is 69.9 Å². The van der Waals surface area contributed by atoms with Crippen molar-refractivity contribution in [3.05, 3.63) is 0 Å². The third-order valence-corrected chi connectivity index (χ3v) is 2.30. The summed E-state index contributed by atoms with van der Waals surface area (Å²) in [7, 11) is 0. The summed E-state index contributed by atoms with van der Waals surface area (Å²) in [5.41, 5.74) is 0. The molecule has 0 unspecified atom stereocenters. The molecule has 0 radical (unpaired) electrons. The van der Waals surface area contributed by atoms with Gasteiger partial charge in [0.05, 0.1) is 0 Å². The van der Waals surface area contributed by atoms with Crippen LogP contribution >= 0.6 is 36.0 Å². The van der Waals surface area contributed by atoms with Crippen molar-refractivity contribution in [2.45, 2.75) is 6.42 Å². The molecule has 0 atom stereocenters. The second kappa shape index (κ2) is 6.78. The molecule has 1 nitrogen and oxygen atoms in total. The van der Waals surface area contributed by atoms with Gasteiger partial charge in [0.25, 0.3) is 0 Å². The maximum atomic E-state index is 10.6. The SMILES string of the molecule is O=C(CCCl)SCCS. The number of rotatable bonds is 4. The minimum Gasteiger partial charge on any atom is -0.287 e. The van der Waals surface area contributed by atoms with Crippen molar-refractivity contribution in [1.29, 1.82) is 0 Å². The van der Waals surface area contributed by atoms with Crippen molar-refractivity contribution in [3.8, 4) is 0 Å². The van der Waals surface area contributed by atoms with Crippen LogP contribution in [-0.2, 0) is 4.79 Å². The van der Waals surface area contributed by atoms with E-state index in [2.05, 4.69) is 12.6 Å². The Hall–Kier alpha value is 0.660. The molecule has 0 heterocycles. The molecule has 0 aromatic carbocycles. The van der Waals surface area contributed by atoms with Crippen molar-refractivity contribution in [1.82, 2.24) is 0 Å². The van der Waals surface area contributed by atoms with Crippen LogP contribution in [0.4, 0.5) is 0 Å². The third-order valence-electron chi connectivity index (χ3n) is 0.653. The average Bonchev–Trinajstić information content (AvgIpc) is 1.85. The molecule has 0 aliphatic rings. The number of carbonyl (C=O) groups excluding carboxylic acids is 1. The molecule has 54 valence electrons. The maximum absolute atomic E-state index is 10.6. The minimum atomic E-state index is 0.166. The highest BCUT2D eigenvalue weighted by Crippen LogP contribution is 2.05. The van der Waals surface area contributed by atoms with Crippen LogP contribution in [0.15, 0.2) is 0 Å². The average molecular weight is 185 g/mol. The zero-order valence-electron chi connectivity index (χ0n) is 4.97. The lowest BCUT2D eigenvalue weighted by molar-refractivity contribution is -0.110. The molecule has 0 fully saturated rings. The van der Waals surface area contributed by atoms with E-state index in [0.29, 0.717) is 12.3 Å². The van der Waals surface area contributed by atoms with E-state index in [1.165, 1.54) is 11.8 Å². The van der Waals surface area contributed by atoms with E-state index in [1.807, 2.05) is 0 Å². The topological polar surface area (TPSA) is 17.1 Å². The Bertz CT molecular complexity index is 87.0. The summed E-state index contributed by atoms with van der Waals surface area (Å²) >= 11 is 10.6. The molecule has 9 heavy (non-hydrogen) atoms. The Kier molecular flexibility index (Phi) is 7.27. The zero-order chi connectivity index (χ0) is 7.11. The zero-order valence-corrected chi connectivity index (χ0v) is 7.44. The van der Waals surface area contributed by atoms with Crippen molar-refractivity contribution >= 4 is 41.1 Å². The number of carbonyl (C=O) groups is 1. The largest absolute Gasteiger partial charge is 0.287 e. The lowest BCUT2D eigenvalue weighted by Gasteiger charge is -1.92. The van der Waals surface area contributed by atoms with E-state index in [-0.39, 0.29) is 5.12 Å². The molecule has 0 spiro atoms. The van der Waals surface area contributed by atoms with Gasteiger partial charge in [0.1, 0.15) is 0 Å². The minimum absolute atomic E-state index is 0.166. The van der Waals surface area contributed by atoms with Gasteiger partial charge in [-0.1, -0.05) is 11.8 Å². The molecule has 0 aliphatic carbocycles. The predicted octanol–water partition coefficient (Wildman–Crippen LogP) is 1.80. The van der Waals surface area contributed by atoms with Gasteiger partial charge in [-0.25, -0.2) is 0 Å². The number of hydrogen-bond donors (Lipinski definition) is 1. The first-order chi connectivity index (χ1) is 4.31. The van der Waals surface area contributed by atoms with E-state index < -0.39 is 0 Å². The van der Waals surface area contributed by atoms with Crippen molar-refractivity contribution in [2.24, 2.45) is 0 Å². The molecule has 0 rings (SSSR count). The van der Waals surface area contributed by atoms with Crippen LogP contribution in [0, 0.1) is 0 Å². The van der Waals surface area contributed by atoms with Crippen molar-refractivity contribution in [3.63, 3.8) is 0 Å². The number of halogens is 1. The number of thioether (sulfide) groups is 1. The highest BCUT2D eigenvalue weighted by Gasteiger charge is 1.98. The molecule has 0 saturated carbocycles. The lowest BCUT2D eigenvalue weighted by Crippen LogP contribution is -1.94. The summed E-state index contributed by atoms with van der Waals surface area (Å²) in [6.07, 6.45) is 0.472. The summed E-state index contributed by atoms with van der Waals surface area (Å²) in [5.74, 6) is 1.97. The first-order valence-electron chi connectivity index (χ1n) is 2.63. The van der Waals surface area contributed by atoms with E-state index in [9.17, 15) is 4.79 Å². The molecule has 0 bridgehead atoms. The van der Waals surface area contributed by atoms with Gasteiger partial charge in [0, 0.05) is 18.1 Å². The summed E-state index contributed by atoms with van der Waals surface area (Å²) < 4.78 is 0. The fourth-order valence-corrected chi connectivity index (χ4v) is 1.43. The summed E-state index contributed by atoms with van der Waals surface area (Å²) in [4.78, 5) is 10.6. The number of hydrogen-bond acceptors (Lipinski definition) is 3. The standard InChI is InChI=1S/C5H9ClOS2/c6-2-1-5(7)9-4-3-8/h8H,1-4H2. The van der Waals surface area contributed by atoms with Gasteiger partial charge in [-0.15, -0.1) is 11.6 Å². The van der Waals surface area contributed by atoms with Crippen LogP contribution in [0.2, 0.25) is 0 Å². The van der Waals surface area contributed by atoms with E-state index >= 15 is 0 Å². The summed E-state index contributed by atoms with van der Waals surface area (Å²) in [6, 6.07) is 0. The van der Waals surface area contributed by atoms with Crippen LogP contribution in [-0.4, -0.2) is 22.5 Å². The molecular formula is C5H9ClOS2. The van der Waals surface area contributed by atoms with E-state index in [1.54, 1.807) is 0 Å². The Morgan fingerprint density at radius 2 is 2.33 bits per heavy atom. The summed E-state index contributed by atoms with van der Waals surface area (Å²) in [5, 5.41) is 0.166. The highest BCUT2D eigenvalue weighted by molar-refractivity contribution is 8.13. The summed E-state index contributed by atoms with van der Waals surface area (Å²) in [6.45, 7) is 0. The van der Waals surface area contributed by atoms with Crippen LogP contribution in [0.3, 0.4) is 0 Å². The van der Waals surface area contributed by atoms with Crippen LogP contribution in [0.25, 0.3) is 0 Å². The molecule has 0 aliphatic heterocycles. The Morgan fingerprint density at radius 1 is 1.67 bits per heavy atom. The second-order valence-electron chi connectivity index (χ2n) is 1.38. The van der Waals surface area contributed by atoms with Crippen LogP contribution in [0.5, 0.6) is 0 Å². The molecule has 0 aromatic heterocycles. The van der Waals surface area contributed by atoms with Crippen LogP contribution < -0.4 is 0 Å². The van der Waals surface area contributed by atoms with Crippen LogP contribution in [0.1, 0.15) is 6.42 Å². The fourth-order valence-electron chi connectivity index (χ4n) is 0.309. The monoisotopic (exact) mass is 184 g/mol. The predicted molar refractivity (Wildman–Crippen MR) is 46.7 cm³/mol. The molecule has 0 saturated heterocycles. The lowest BCUT2D eigenvalue weighted by atomic mass is 10.6. The van der Waals surface area contributed by atoms with Gasteiger partial charge >= 0.3 is 0 Å². The molecule has 0 N–H and O–H groups in total. The van der Waals surface area contributed by atoms with E-state index in [4.69, 9.17) is 11.6 Å². The normalized spacial score (nSPS) is 9.56. The Balaban J connectivity index is 3.06. The maximum Gasteiger partial charge on any atom is 0.190 e. The molecule has 4 heteroatoms. The molecule has 0 amide bonds. The van der Waals surface area contributed by atoms with Gasteiger partial charge < -0.3 is 0 Å². The Morgan fingerprint density at radius 3 is 2.78 bits per heavy atom. The van der Waals surface area contributed by atoms with Gasteiger partial charge in [0.15, 0.2) is 5.12 Å². The third kappa shape index (κ3) is 6.55. The number of thiol groups is 1. The van der Waals surface area contributed by atoms with Crippen molar-refractivity contribution in [2.75, 3.05) is 17.4 Å². The van der Waals surface area contributed by atoms with Gasteiger partial charge in [-0.2, -0.15) is 12.6 Å². The van der Waals surface area contributed by atoms with Crippen molar-refractivity contribution < 1.29 is 4.79 Å². The first-order valence-corrected chi connectivity index (χ1v) is 4.79. The second-order valence-corrected chi connectivity index (χ2v) is 3.36. The van der Waals surface area contributed by atoms with Gasteiger partial charge in [0.2, 0.25) is 0 Å². The fraction of sp³-hybridized carbons (Fsp3) is 0.800. The first kappa shape index (κ1) is 9.66. The molecular weight excluding hydrogens is 176 g/mol. The van der Waals surface area contributed by atoms with Gasteiger partial charge in [-0.05, 0) is 5.75 Å². The molecule has 0 aromatic rings. The number of alkyl halides is 1.